The number of benzene rings is 1. The normalized spacial score (nSPS) is 11.4. The Balaban J connectivity index is 2.90. The molecule has 1 aromatic rings. The summed E-state index contributed by atoms with van der Waals surface area (Å²) in [6.45, 7) is 0.381. The summed E-state index contributed by atoms with van der Waals surface area (Å²) < 4.78 is 0. The highest BCUT2D eigenvalue weighted by Crippen LogP contribution is 2.19. The van der Waals surface area contributed by atoms with Crippen LogP contribution in [0.5, 0.6) is 0 Å². The van der Waals surface area contributed by atoms with E-state index in [0.29, 0.717) is 12.2 Å². The van der Waals surface area contributed by atoms with Crippen LogP contribution < -0.4 is 11.7 Å². The van der Waals surface area contributed by atoms with Crippen LogP contribution in [0.1, 0.15) is 5.56 Å². The van der Waals surface area contributed by atoms with Crippen LogP contribution in [0.2, 0.25) is 0 Å². The van der Waals surface area contributed by atoms with E-state index in [4.69, 9.17) is 11.7 Å². The first kappa shape index (κ1) is 9.11. The minimum atomic E-state index is 0.381. The summed E-state index contributed by atoms with van der Waals surface area (Å²) in [6.07, 6.45) is 0. The molecule has 0 unspecified atom stereocenters. The SMILES string of the molecule is NN=NCc1ccccc1N=NN. The molecule has 4 N–H and O–H groups in total. The molecule has 6 heteroatoms. The lowest BCUT2D eigenvalue weighted by atomic mass is 10.2. The number of hydrogen-bond donors (Lipinski definition) is 2. The molecule has 0 bridgehead atoms. The number of nitrogens with two attached hydrogens (primary N) is 2. The summed E-state index contributed by atoms with van der Waals surface area (Å²) in [7, 11) is 0. The monoisotopic (exact) mass is 178 g/mol. The van der Waals surface area contributed by atoms with Gasteiger partial charge in [-0.15, -0.1) is 5.11 Å². The average molecular weight is 178 g/mol. The minimum absolute atomic E-state index is 0.381. The van der Waals surface area contributed by atoms with E-state index in [2.05, 4.69) is 20.7 Å². The Morgan fingerprint density at radius 2 is 1.85 bits per heavy atom. The van der Waals surface area contributed by atoms with E-state index >= 15 is 0 Å². The van der Waals surface area contributed by atoms with Gasteiger partial charge in [-0.3, -0.25) is 0 Å². The maximum atomic E-state index is 4.94. The molecule has 0 spiro atoms. The third-order valence-electron chi connectivity index (χ3n) is 1.48. The fraction of sp³-hybridized carbons (Fsp3) is 0.143. The van der Waals surface area contributed by atoms with E-state index in [0.717, 1.165) is 5.56 Å². The van der Waals surface area contributed by atoms with E-state index in [9.17, 15) is 0 Å². The van der Waals surface area contributed by atoms with Crippen molar-refractivity contribution in [2.45, 2.75) is 6.54 Å². The molecule has 0 aliphatic heterocycles. The van der Waals surface area contributed by atoms with Crippen molar-refractivity contribution in [1.82, 2.24) is 0 Å². The van der Waals surface area contributed by atoms with Gasteiger partial charge >= 0.3 is 0 Å². The minimum Gasteiger partial charge on any atom is -0.305 e. The first-order valence-corrected chi connectivity index (χ1v) is 3.64. The van der Waals surface area contributed by atoms with Crippen LogP contribution in [0.4, 0.5) is 5.69 Å². The average Bonchev–Trinajstić information content (AvgIpc) is 2.17. The molecule has 0 heterocycles. The van der Waals surface area contributed by atoms with Crippen molar-refractivity contribution in [1.29, 1.82) is 0 Å². The van der Waals surface area contributed by atoms with Crippen LogP contribution in [-0.2, 0) is 6.54 Å². The van der Waals surface area contributed by atoms with Crippen molar-refractivity contribution in [3.63, 3.8) is 0 Å². The van der Waals surface area contributed by atoms with E-state index in [1.165, 1.54) is 0 Å². The first-order valence-electron chi connectivity index (χ1n) is 3.64. The molecule has 1 rings (SSSR count). The lowest BCUT2D eigenvalue weighted by Gasteiger charge is -1.98. The predicted molar refractivity (Wildman–Crippen MR) is 47.9 cm³/mol. The van der Waals surface area contributed by atoms with Gasteiger partial charge in [0.05, 0.1) is 12.2 Å². The molecule has 13 heavy (non-hydrogen) atoms. The number of nitrogens with zero attached hydrogens (tertiary/aromatic N) is 4. The van der Waals surface area contributed by atoms with Gasteiger partial charge in [0.25, 0.3) is 0 Å². The molecule has 0 radical (unpaired) electrons. The molecule has 0 atom stereocenters. The molecule has 6 nitrogen and oxygen atoms in total. The predicted octanol–water partition coefficient (Wildman–Crippen LogP) is 1.47. The van der Waals surface area contributed by atoms with Crippen LogP contribution in [0.25, 0.3) is 0 Å². The second-order valence-corrected chi connectivity index (χ2v) is 2.26. The Bertz CT molecular complexity index is 319. The van der Waals surface area contributed by atoms with Crippen molar-refractivity contribution in [3.05, 3.63) is 29.8 Å². The summed E-state index contributed by atoms with van der Waals surface area (Å²) in [6, 6.07) is 7.36. The third-order valence-corrected chi connectivity index (χ3v) is 1.48. The van der Waals surface area contributed by atoms with Gasteiger partial charge in [-0.1, -0.05) is 28.6 Å². The quantitative estimate of drug-likeness (QED) is 0.416. The fourth-order valence-corrected chi connectivity index (χ4v) is 0.921. The van der Waals surface area contributed by atoms with Crippen LogP contribution in [-0.4, -0.2) is 0 Å². The van der Waals surface area contributed by atoms with Crippen molar-refractivity contribution >= 4 is 5.69 Å². The van der Waals surface area contributed by atoms with Gasteiger partial charge in [-0.25, -0.2) is 0 Å². The van der Waals surface area contributed by atoms with Crippen molar-refractivity contribution in [2.24, 2.45) is 32.4 Å². The largest absolute Gasteiger partial charge is 0.305 e. The first-order chi connectivity index (χ1) is 6.38. The lowest BCUT2D eigenvalue weighted by molar-refractivity contribution is 0.889. The maximum absolute atomic E-state index is 4.94. The second-order valence-electron chi connectivity index (χ2n) is 2.26. The Morgan fingerprint density at radius 1 is 1.08 bits per heavy atom. The van der Waals surface area contributed by atoms with Crippen LogP contribution >= 0.6 is 0 Å². The summed E-state index contributed by atoms with van der Waals surface area (Å²) in [5.41, 5.74) is 1.56. The Kier molecular flexibility index (Phi) is 3.37. The smallest absolute Gasteiger partial charge is 0.0925 e. The van der Waals surface area contributed by atoms with E-state index in [1.54, 1.807) is 6.07 Å². The molecule has 0 fully saturated rings. The molecule has 68 valence electrons. The van der Waals surface area contributed by atoms with Gasteiger partial charge in [0.2, 0.25) is 0 Å². The Hall–Kier alpha value is -1.98. The molecule has 0 aliphatic carbocycles. The van der Waals surface area contributed by atoms with E-state index < -0.39 is 0 Å². The van der Waals surface area contributed by atoms with Gasteiger partial charge in [-0.05, 0) is 6.07 Å². The molecule has 0 amide bonds. The standard InChI is InChI=1S/C7H10N6/c8-12-10-5-6-3-1-2-4-7(6)11-13-9/h1-4H,5H2,(H2,8,10)(H2,9,11). The maximum Gasteiger partial charge on any atom is 0.0925 e. The summed E-state index contributed by atoms with van der Waals surface area (Å²) >= 11 is 0. The highest BCUT2D eigenvalue weighted by atomic mass is 15.3. The lowest BCUT2D eigenvalue weighted by Crippen LogP contribution is -1.84. The zero-order chi connectivity index (χ0) is 9.52. The Labute approximate surface area is 75.3 Å². The van der Waals surface area contributed by atoms with Crippen LogP contribution in [0.3, 0.4) is 0 Å². The number of rotatable bonds is 3. The van der Waals surface area contributed by atoms with Crippen LogP contribution in [0.15, 0.2) is 44.9 Å². The molecular formula is C7H10N6. The summed E-state index contributed by atoms with van der Waals surface area (Å²) in [5, 5.41) is 13.7. The van der Waals surface area contributed by atoms with Crippen LogP contribution in [0, 0.1) is 0 Å². The van der Waals surface area contributed by atoms with Gasteiger partial charge in [-0.2, -0.15) is 5.11 Å². The highest BCUT2D eigenvalue weighted by molar-refractivity contribution is 5.44. The summed E-state index contributed by atoms with van der Waals surface area (Å²) in [5.74, 6) is 9.82. The van der Waals surface area contributed by atoms with Crippen molar-refractivity contribution in [2.75, 3.05) is 0 Å². The highest BCUT2D eigenvalue weighted by Gasteiger charge is 1.98. The van der Waals surface area contributed by atoms with Crippen molar-refractivity contribution < 1.29 is 0 Å². The number of hydrogen-bond acceptors (Lipinski definition) is 4. The third kappa shape index (κ3) is 2.51. The topological polar surface area (TPSA) is 101 Å². The van der Waals surface area contributed by atoms with E-state index in [-0.39, 0.29) is 0 Å². The molecule has 0 saturated carbocycles. The second kappa shape index (κ2) is 4.81. The molecule has 0 aromatic heterocycles. The fourth-order valence-electron chi connectivity index (χ4n) is 0.921. The van der Waals surface area contributed by atoms with E-state index in [1.807, 2.05) is 18.2 Å². The molecular weight excluding hydrogens is 168 g/mol. The zero-order valence-corrected chi connectivity index (χ0v) is 6.96. The molecule has 0 aliphatic rings. The van der Waals surface area contributed by atoms with Gasteiger partial charge in [0.1, 0.15) is 0 Å². The van der Waals surface area contributed by atoms with Crippen molar-refractivity contribution in [3.8, 4) is 0 Å². The zero-order valence-electron chi connectivity index (χ0n) is 6.96. The van der Waals surface area contributed by atoms with Gasteiger partial charge < -0.3 is 11.7 Å². The molecule has 0 saturated heterocycles. The van der Waals surface area contributed by atoms with Gasteiger partial charge in [0, 0.05) is 5.56 Å². The Morgan fingerprint density at radius 3 is 2.54 bits per heavy atom. The van der Waals surface area contributed by atoms with Gasteiger partial charge in [0.15, 0.2) is 0 Å². The summed E-state index contributed by atoms with van der Waals surface area (Å²) in [4.78, 5) is 0. The molecule has 1 aromatic carbocycles.